The van der Waals surface area contributed by atoms with Gasteiger partial charge in [-0.2, -0.15) is 0 Å². The van der Waals surface area contributed by atoms with Crippen molar-refractivity contribution in [1.29, 1.82) is 0 Å². The van der Waals surface area contributed by atoms with E-state index in [1.54, 1.807) is 0 Å². The molecule has 0 spiro atoms. The van der Waals surface area contributed by atoms with Crippen LogP contribution in [0.5, 0.6) is 5.75 Å². The largest absolute Gasteiger partial charge is 0.493 e. The van der Waals surface area contributed by atoms with Crippen LogP contribution in [-0.2, 0) is 11.3 Å². The van der Waals surface area contributed by atoms with E-state index in [1.165, 1.54) is 11.1 Å². The van der Waals surface area contributed by atoms with Crippen LogP contribution in [0.3, 0.4) is 0 Å². The van der Waals surface area contributed by atoms with Gasteiger partial charge in [-0.25, -0.2) is 4.98 Å². The first kappa shape index (κ1) is 22.2. The molecule has 1 fully saturated rings. The Balaban J connectivity index is 1.29. The van der Waals surface area contributed by atoms with Gasteiger partial charge in [-0.3, -0.25) is 4.79 Å². The molecule has 1 amide bonds. The number of imidazole rings is 1. The van der Waals surface area contributed by atoms with Gasteiger partial charge in [0.05, 0.1) is 17.6 Å². The summed E-state index contributed by atoms with van der Waals surface area (Å²) < 4.78 is 8.37. The van der Waals surface area contributed by atoms with Gasteiger partial charge >= 0.3 is 0 Å². The fourth-order valence-electron chi connectivity index (χ4n) is 4.80. The van der Waals surface area contributed by atoms with Gasteiger partial charge < -0.3 is 14.2 Å². The number of fused-ring (bicyclic) bond motifs is 1. The van der Waals surface area contributed by atoms with Crippen LogP contribution in [0.15, 0.2) is 72.8 Å². The van der Waals surface area contributed by atoms with Crippen molar-refractivity contribution in [3.05, 3.63) is 89.7 Å². The summed E-state index contributed by atoms with van der Waals surface area (Å²) in [5.74, 6) is 2.24. The normalized spacial score (nSPS) is 15.9. The second-order valence-electron chi connectivity index (χ2n) is 9.18. The monoisotopic (exact) mass is 453 g/mol. The summed E-state index contributed by atoms with van der Waals surface area (Å²) in [6, 6.07) is 24.5. The molecule has 1 saturated heterocycles. The zero-order valence-electron chi connectivity index (χ0n) is 19.9. The molecule has 5 rings (SSSR count). The number of para-hydroxylation sites is 3. The highest BCUT2D eigenvalue weighted by Crippen LogP contribution is 2.33. The van der Waals surface area contributed by atoms with E-state index >= 15 is 0 Å². The molecular weight excluding hydrogens is 422 g/mol. The van der Waals surface area contributed by atoms with E-state index in [4.69, 9.17) is 9.72 Å². The molecule has 0 radical (unpaired) electrons. The van der Waals surface area contributed by atoms with Crippen molar-refractivity contribution in [1.82, 2.24) is 9.55 Å². The molecule has 0 aliphatic carbocycles. The quantitative estimate of drug-likeness (QED) is 0.306. The molecule has 3 aromatic carbocycles. The van der Waals surface area contributed by atoms with Gasteiger partial charge in [0.1, 0.15) is 11.6 Å². The van der Waals surface area contributed by atoms with E-state index in [9.17, 15) is 4.79 Å². The van der Waals surface area contributed by atoms with Gasteiger partial charge in [-0.05, 0) is 68.1 Å². The molecule has 4 aromatic rings. The van der Waals surface area contributed by atoms with E-state index in [-0.39, 0.29) is 11.8 Å². The molecular formula is C29H31N3O2. The van der Waals surface area contributed by atoms with Crippen LogP contribution >= 0.6 is 0 Å². The molecule has 34 heavy (non-hydrogen) atoms. The Bertz CT molecular complexity index is 1300. The second-order valence-corrected chi connectivity index (χ2v) is 9.18. The number of benzene rings is 3. The van der Waals surface area contributed by atoms with Gasteiger partial charge in [-0.1, -0.05) is 42.5 Å². The van der Waals surface area contributed by atoms with Gasteiger partial charge in [0.25, 0.3) is 0 Å². The Hall–Kier alpha value is -3.60. The molecule has 1 aliphatic rings. The molecule has 5 nitrogen and oxygen atoms in total. The summed E-state index contributed by atoms with van der Waals surface area (Å²) in [7, 11) is 0. The summed E-state index contributed by atoms with van der Waals surface area (Å²) in [6.07, 6.45) is 2.44. The van der Waals surface area contributed by atoms with Gasteiger partial charge in [0, 0.05) is 31.1 Å². The molecule has 0 N–H and O–H groups in total. The Morgan fingerprint density at radius 2 is 1.76 bits per heavy atom. The van der Waals surface area contributed by atoms with Crippen molar-refractivity contribution in [2.75, 3.05) is 18.1 Å². The van der Waals surface area contributed by atoms with E-state index < -0.39 is 0 Å². The van der Waals surface area contributed by atoms with E-state index in [0.717, 1.165) is 47.7 Å². The van der Waals surface area contributed by atoms with Crippen LogP contribution in [0.4, 0.5) is 5.69 Å². The molecule has 1 aliphatic heterocycles. The van der Waals surface area contributed by atoms with Crippen molar-refractivity contribution in [2.24, 2.45) is 0 Å². The lowest BCUT2D eigenvalue weighted by Gasteiger charge is -2.17. The van der Waals surface area contributed by atoms with Crippen molar-refractivity contribution in [3.63, 3.8) is 0 Å². The first-order chi connectivity index (χ1) is 16.6. The minimum Gasteiger partial charge on any atom is -0.493 e. The summed E-state index contributed by atoms with van der Waals surface area (Å²) in [6.45, 7) is 6.39. The van der Waals surface area contributed by atoms with Crippen LogP contribution in [0.2, 0.25) is 0 Å². The van der Waals surface area contributed by atoms with Gasteiger partial charge in [-0.15, -0.1) is 0 Å². The summed E-state index contributed by atoms with van der Waals surface area (Å²) >= 11 is 0. The van der Waals surface area contributed by atoms with E-state index in [1.807, 2.05) is 41.3 Å². The van der Waals surface area contributed by atoms with Crippen LogP contribution in [0, 0.1) is 13.8 Å². The summed E-state index contributed by atoms with van der Waals surface area (Å²) in [5.41, 5.74) is 5.47. The van der Waals surface area contributed by atoms with Crippen LogP contribution in [0.1, 0.15) is 42.1 Å². The molecule has 0 bridgehead atoms. The SMILES string of the molecule is Cc1ccc(C)c(OCCCCn2c(C3CC(=O)N(c4ccccc4)C3)nc3ccccc32)c1. The molecule has 5 heteroatoms. The number of nitrogens with zero attached hydrogens (tertiary/aromatic N) is 3. The zero-order chi connectivity index (χ0) is 23.5. The van der Waals surface area contributed by atoms with E-state index in [0.29, 0.717) is 19.6 Å². The maximum absolute atomic E-state index is 12.8. The maximum Gasteiger partial charge on any atom is 0.227 e. The highest BCUT2D eigenvalue weighted by atomic mass is 16.5. The molecule has 174 valence electrons. The lowest BCUT2D eigenvalue weighted by Crippen LogP contribution is -2.24. The van der Waals surface area contributed by atoms with Crippen molar-refractivity contribution >= 4 is 22.6 Å². The highest BCUT2D eigenvalue weighted by Gasteiger charge is 2.34. The predicted octanol–water partition coefficient (Wildman–Crippen LogP) is 6.03. The van der Waals surface area contributed by atoms with Crippen LogP contribution < -0.4 is 9.64 Å². The molecule has 1 aromatic heterocycles. The number of unbranched alkanes of at least 4 members (excludes halogenated alkanes) is 1. The molecule has 2 heterocycles. The second kappa shape index (κ2) is 9.72. The van der Waals surface area contributed by atoms with Crippen molar-refractivity contribution in [3.8, 4) is 5.75 Å². The van der Waals surface area contributed by atoms with Crippen LogP contribution in [0.25, 0.3) is 11.0 Å². The number of rotatable bonds is 8. The summed E-state index contributed by atoms with van der Waals surface area (Å²) in [5, 5.41) is 0. The third kappa shape index (κ3) is 4.56. The lowest BCUT2D eigenvalue weighted by molar-refractivity contribution is -0.117. The number of aryl methyl sites for hydroxylation is 3. The standard InChI is InChI=1S/C29H31N3O2/c1-21-14-15-22(2)27(18-21)34-17-9-8-16-31-26-13-7-6-12-25(26)30-29(31)23-19-28(33)32(20-23)24-10-4-3-5-11-24/h3-7,10-15,18,23H,8-9,16-17,19-20H2,1-2H3. The fraction of sp³-hybridized carbons (Fsp3) is 0.310. The number of carbonyl (C=O) groups excluding carboxylic acids is 1. The Morgan fingerprint density at radius 1 is 0.971 bits per heavy atom. The van der Waals surface area contributed by atoms with Gasteiger partial charge in [0.15, 0.2) is 0 Å². The fourth-order valence-corrected chi connectivity index (χ4v) is 4.80. The number of aromatic nitrogens is 2. The molecule has 1 atom stereocenters. The number of amides is 1. The average molecular weight is 454 g/mol. The minimum absolute atomic E-state index is 0.0892. The molecule has 0 saturated carbocycles. The first-order valence-electron chi connectivity index (χ1n) is 12.1. The zero-order valence-corrected chi connectivity index (χ0v) is 19.9. The minimum atomic E-state index is 0.0892. The first-order valence-corrected chi connectivity index (χ1v) is 12.1. The van der Waals surface area contributed by atoms with Crippen molar-refractivity contribution in [2.45, 2.75) is 45.6 Å². The number of hydrogen-bond donors (Lipinski definition) is 0. The number of hydrogen-bond acceptors (Lipinski definition) is 3. The number of anilines is 1. The summed E-state index contributed by atoms with van der Waals surface area (Å²) in [4.78, 5) is 19.7. The third-order valence-electron chi connectivity index (χ3n) is 6.62. The highest BCUT2D eigenvalue weighted by molar-refractivity contribution is 5.96. The topological polar surface area (TPSA) is 47.4 Å². The smallest absolute Gasteiger partial charge is 0.227 e. The molecule has 1 unspecified atom stereocenters. The maximum atomic E-state index is 12.8. The Kier molecular flexibility index (Phi) is 6.35. The predicted molar refractivity (Wildman–Crippen MR) is 137 cm³/mol. The van der Waals surface area contributed by atoms with Gasteiger partial charge in [0.2, 0.25) is 5.91 Å². The van der Waals surface area contributed by atoms with E-state index in [2.05, 4.69) is 54.8 Å². The number of ether oxygens (including phenoxy) is 1. The average Bonchev–Trinajstić information content (AvgIpc) is 3.42. The Morgan fingerprint density at radius 3 is 2.62 bits per heavy atom. The number of carbonyl (C=O) groups is 1. The third-order valence-corrected chi connectivity index (χ3v) is 6.62. The van der Waals surface area contributed by atoms with Crippen molar-refractivity contribution < 1.29 is 9.53 Å². The van der Waals surface area contributed by atoms with Crippen LogP contribution in [-0.4, -0.2) is 28.6 Å². The lowest BCUT2D eigenvalue weighted by atomic mass is 10.1. The Labute approximate surface area is 201 Å².